The topological polar surface area (TPSA) is 21.7 Å². The van der Waals surface area contributed by atoms with Crippen LogP contribution in [-0.2, 0) is 8.85 Å². The fourth-order valence-corrected chi connectivity index (χ4v) is 2.90. The van der Waals surface area contributed by atoms with E-state index in [-0.39, 0.29) is 0 Å². The second kappa shape index (κ2) is 5.71. The van der Waals surface area contributed by atoms with Crippen LogP contribution in [0.2, 0.25) is 0 Å². The second-order valence-corrected chi connectivity index (χ2v) is 5.23. The van der Waals surface area contributed by atoms with Crippen LogP contribution in [0.15, 0.2) is 0 Å². The van der Waals surface area contributed by atoms with Gasteiger partial charge in [-0.2, -0.15) is 0 Å². The fraction of sp³-hybridized carbons (Fsp3) is 1.00. The number of rotatable bonds is 5. The molecule has 0 aliphatic carbocycles. The van der Waals surface area contributed by atoms with Gasteiger partial charge in [-0.15, -0.1) is 0 Å². The average Bonchev–Trinajstić information content (AvgIpc) is 1.99. The summed E-state index contributed by atoms with van der Waals surface area (Å²) in [4.78, 5) is 2.17. The minimum Gasteiger partial charge on any atom is -0.399 e. The Labute approximate surface area is 71.1 Å². The molecule has 0 aromatic heterocycles. The molecular weight excluding hydrogens is 158 g/mol. The van der Waals surface area contributed by atoms with Gasteiger partial charge in [0.05, 0.1) is 0 Å². The highest BCUT2D eigenvalue weighted by molar-refractivity contribution is 6.46. The molecule has 0 heterocycles. The van der Waals surface area contributed by atoms with Gasteiger partial charge in [-0.25, -0.2) is 0 Å². The first-order valence-electron chi connectivity index (χ1n) is 3.89. The lowest BCUT2D eigenvalue weighted by atomic mass is 10.4. The summed E-state index contributed by atoms with van der Waals surface area (Å²) in [6.45, 7) is 2.16. The number of hydrogen-bond acceptors (Lipinski definition) is 3. The molecule has 0 spiro atoms. The molecule has 0 aliphatic heterocycles. The summed E-state index contributed by atoms with van der Waals surface area (Å²) in [5, 5.41) is 0. The maximum absolute atomic E-state index is 5.29. The van der Waals surface area contributed by atoms with Gasteiger partial charge < -0.3 is 13.8 Å². The molecule has 11 heavy (non-hydrogen) atoms. The van der Waals surface area contributed by atoms with Crippen molar-refractivity contribution < 1.29 is 8.85 Å². The molecule has 1 atom stereocenters. The van der Waals surface area contributed by atoms with Crippen LogP contribution in [0.4, 0.5) is 0 Å². The van der Waals surface area contributed by atoms with Crippen molar-refractivity contribution in [2.45, 2.75) is 19.0 Å². The maximum atomic E-state index is 5.29. The highest BCUT2D eigenvalue weighted by Crippen LogP contribution is 2.04. The predicted molar refractivity (Wildman–Crippen MR) is 48.9 cm³/mol. The van der Waals surface area contributed by atoms with Gasteiger partial charge in [0.25, 0.3) is 0 Å². The molecule has 0 amide bonds. The van der Waals surface area contributed by atoms with Gasteiger partial charge in [-0.1, -0.05) is 6.92 Å². The molecule has 0 aliphatic rings. The molecule has 0 aromatic rings. The standard InChI is InChI=1S/C7H19NO2Si/c1-6-7(8(2)3)11(9-4)10-5/h7,11H,6H2,1-5H3. The van der Waals surface area contributed by atoms with Crippen LogP contribution in [0, 0.1) is 0 Å². The monoisotopic (exact) mass is 177 g/mol. The van der Waals surface area contributed by atoms with E-state index >= 15 is 0 Å². The molecule has 0 saturated heterocycles. The van der Waals surface area contributed by atoms with E-state index in [1.807, 2.05) is 0 Å². The molecule has 0 rings (SSSR count). The van der Waals surface area contributed by atoms with Crippen molar-refractivity contribution in [3.63, 3.8) is 0 Å². The third-order valence-electron chi connectivity index (χ3n) is 1.86. The lowest BCUT2D eigenvalue weighted by Gasteiger charge is -2.27. The minimum atomic E-state index is -1.44. The molecule has 0 N–H and O–H groups in total. The Morgan fingerprint density at radius 3 is 1.82 bits per heavy atom. The van der Waals surface area contributed by atoms with E-state index in [4.69, 9.17) is 8.85 Å². The predicted octanol–water partition coefficient (Wildman–Crippen LogP) is 0.379. The van der Waals surface area contributed by atoms with Crippen molar-refractivity contribution in [1.29, 1.82) is 0 Å². The fourth-order valence-electron chi connectivity index (χ4n) is 1.21. The highest BCUT2D eigenvalue weighted by atomic mass is 28.3. The smallest absolute Gasteiger partial charge is 0.338 e. The van der Waals surface area contributed by atoms with Crippen molar-refractivity contribution in [1.82, 2.24) is 4.90 Å². The van der Waals surface area contributed by atoms with Gasteiger partial charge in [-0.05, 0) is 20.5 Å². The molecule has 0 saturated carbocycles. The van der Waals surface area contributed by atoms with Crippen LogP contribution >= 0.6 is 0 Å². The Balaban J connectivity index is 3.98. The van der Waals surface area contributed by atoms with Crippen LogP contribution in [-0.4, -0.2) is 48.2 Å². The molecule has 4 heteroatoms. The molecule has 0 aromatic carbocycles. The van der Waals surface area contributed by atoms with E-state index in [0.717, 1.165) is 6.42 Å². The maximum Gasteiger partial charge on any atom is 0.338 e. The van der Waals surface area contributed by atoms with E-state index in [1.165, 1.54) is 0 Å². The Morgan fingerprint density at radius 2 is 1.73 bits per heavy atom. The summed E-state index contributed by atoms with van der Waals surface area (Å²) >= 11 is 0. The summed E-state index contributed by atoms with van der Waals surface area (Å²) in [5.41, 5.74) is 0.477. The van der Waals surface area contributed by atoms with Crippen molar-refractivity contribution >= 4 is 9.28 Å². The van der Waals surface area contributed by atoms with Crippen LogP contribution in [0.1, 0.15) is 13.3 Å². The van der Waals surface area contributed by atoms with Crippen molar-refractivity contribution in [3.8, 4) is 0 Å². The molecule has 1 unspecified atom stereocenters. The van der Waals surface area contributed by atoms with Crippen LogP contribution in [0.25, 0.3) is 0 Å². The van der Waals surface area contributed by atoms with Gasteiger partial charge in [0.15, 0.2) is 0 Å². The lowest BCUT2D eigenvalue weighted by molar-refractivity contribution is 0.219. The van der Waals surface area contributed by atoms with Gasteiger partial charge in [-0.3, -0.25) is 0 Å². The molecular formula is C7H19NO2Si. The van der Waals surface area contributed by atoms with Crippen LogP contribution in [0.5, 0.6) is 0 Å². The van der Waals surface area contributed by atoms with E-state index in [9.17, 15) is 0 Å². The first-order valence-corrected chi connectivity index (χ1v) is 5.50. The van der Waals surface area contributed by atoms with E-state index in [1.54, 1.807) is 14.2 Å². The first kappa shape index (κ1) is 11.1. The Morgan fingerprint density at radius 1 is 1.27 bits per heavy atom. The molecule has 0 fully saturated rings. The van der Waals surface area contributed by atoms with Gasteiger partial charge >= 0.3 is 9.28 Å². The van der Waals surface area contributed by atoms with Gasteiger partial charge in [0, 0.05) is 19.9 Å². The summed E-state index contributed by atoms with van der Waals surface area (Å²) in [7, 11) is 6.14. The zero-order chi connectivity index (χ0) is 8.85. The zero-order valence-corrected chi connectivity index (χ0v) is 9.28. The minimum absolute atomic E-state index is 0.477. The molecule has 3 nitrogen and oxygen atoms in total. The molecule has 68 valence electrons. The van der Waals surface area contributed by atoms with Gasteiger partial charge in [0.1, 0.15) is 0 Å². The summed E-state index contributed by atoms with van der Waals surface area (Å²) < 4.78 is 10.6. The average molecular weight is 177 g/mol. The van der Waals surface area contributed by atoms with Gasteiger partial charge in [0.2, 0.25) is 0 Å². The largest absolute Gasteiger partial charge is 0.399 e. The van der Waals surface area contributed by atoms with Crippen molar-refractivity contribution in [3.05, 3.63) is 0 Å². The first-order chi connectivity index (χ1) is 5.17. The molecule has 0 radical (unpaired) electrons. The number of hydrogen-bond donors (Lipinski definition) is 0. The third kappa shape index (κ3) is 3.33. The van der Waals surface area contributed by atoms with Crippen molar-refractivity contribution in [2.24, 2.45) is 0 Å². The van der Waals surface area contributed by atoms with Crippen LogP contribution in [0.3, 0.4) is 0 Å². The van der Waals surface area contributed by atoms with E-state index in [0.29, 0.717) is 5.67 Å². The normalized spacial score (nSPS) is 14.5. The zero-order valence-electron chi connectivity index (χ0n) is 8.13. The van der Waals surface area contributed by atoms with E-state index < -0.39 is 9.28 Å². The Bertz CT molecular complexity index is 96.4. The summed E-state index contributed by atoms with van der Waals surface area (Å²) in [5.74, 6) is 0. The highest BCUT2D eigenvalue weighted by Gasteiger charge is 2.24. The lowest BCUT2D eigenvalue weighted by Crippen LogP contribution is -2.44. The Hall–Kier alpha value is 0.0969. The third-order valence-corrected chi connectivity index (χ3v) is 4.49. The number of nitrogens with zero attached hydrogens (tertiary/aromatic N) is 1. The SMILES string of the molecule is CCC(N(C)C)[SiH](OC)OC. The second-order valence-electron chi connectivity index (χ2n) is 2.78. The van der Waals surface area contributed by atoms with Crippen molar-refractivity contribution in [2.75, 3.05) is 28.3 Å². The quantitative estimate of drug-likeness (QED) is 0.567. The van der Waals surface area contributed by atoms with E-state index in [2.05, 4.69) is 25.9 Å². The Kier molecular flexibility index (Phi) is 5.76. The van der Waals surface area contributed by atoms with Crippen LogP contribution < -0.4 is 0 Å². The summed E-state index contributed by atoms with van der Waals surface area (Å²) in [6.07, 6.45) is 1.09. The summed E-state index contributed by atoms with van der Waals surface area (Å²) in [6, 6.07) is 0. The molecule has 0 bridgehead atoms.